The van der Waals surface area contributed by atoms with Gasteiger partial charge in [0.15, 0.2) is 0 Å². The van der Waals surface area contributed by atoms with Gasteiger partial charge in [-0.2, -0.15) is 0 Å². The molecule has 1 amide bonds. The van der Waals surface area contributed by atoms with Gasteiger partial charge in [-0.1, -0.05) is 24.3 Å². The van der Waals surface area contributed by atoms with E-state index in [9.17, 15) is 29.7 Å². The van der Waals surface area contributed by atoms with Crippen LogP contribution in [0.3, 0.4) is 0 Å². The highest BCUT2D eigenvalue weighted by atomic mass is 32.1. The summed E-state index contributed by atoms with van der Waals surface area (Å²) in [5.41, 5.74) is -0.255. The lowest BCUT2D eigenvalue weighted by molar-refractivity contribution is -0.938. The molecule has 0 radical (unpaired) electrons. The number of hydrogen-bond donors (Lipinski definition) is 6. The van der Waals surface area contributed by atoms with Gasteiger partial charge >= 0.3 is 5.97 Å². The third kappa shape index (κ3) is 7.36. The Morgan fingerprint density at radius 3 is 2.54 bits per heavy atom. The highest BCUT2D eigenvalue weighted by molar-refractivity contribution is 7.12. The van der Waals surface area contributed by atoms with Crippen molar-refractivity contribution in [3.63, 3.8) is 0 Å². The van der Waals surface area contributed by atoms with Crippen molar-refractivity contribution >= 4 is 45.5 Å². The molecule has 0 aliphatic carbocycles. The highest BCUT2D eigenvalue weighted by Gasteiger charge is 2.71. The number of morpholine rings is 1. The predicted octanol–water partition coefficient (Wildman–Crippen LogP) is 3.91. The van der Waals surface area contributed by atoms with Gasteiger partial charge in [-0.25, -0.2) is 4.79 Å². The molecule has 3 saturated heterocycles. The van der Waals surface area contributed by atoms with E-state index in [0.717, 1.165) is 21.4 Å². The Labute approximate surface area is 331 Å². The lowest BCUT2D eigenvalue weighted by atomic mass is 9.95. The lowest BCUT2D eigenvalue weighted by Crippen LogP contribution is -2.60. The number of phenols is 1. The molecule has 2 bridgehead atoms. The minimum atomic E-state index is -2.03. The van der Waals surface area contributed by atoms with Crippen molar-refractivity contribution < 1.29 is 43.6 Å². The third-order valence-electron chi connectivity index (χ3n) is 11.4. The van der Waals surface area contributed by atoms with Crippen molar-refractivity contribution in [1.29, 1.82) is 0 Å². The van der Waals surface area contributed by atoms with Gasteiger partial charge in [0.05, 0.1) is 47.6 Å². The number of rotatable bonds is 15. The van der Waals surface area contributed by atoms with E-state index in [1.165, 1.54) is 23.5 Å². The normalized spacial score (nSPS) is 23.5. The van der Waals surface area contributed by atoms with E-state index in [4.69, 9.17) is 14.2 Å². The number of benzene rings is 2. The number of nitrogens with one attached hydrogen (secondary N) is 3. The second kappa shape index (κ2) is 15.4. The first-order valence-electron chi connectivity index (χ1n) is 18.7. The van der Waals surface area contributed by atoms with Crippen molar-refractivity contribution in [2.45, 2.75) is 67.9 Å². The van der Waals surface area contributed by atoms with E-state index in [-0.39, 0.29) is 60.7 Å². The molecule has 8 rings (SSSR count). The average molecular weight is 802 g/mol. The van der Waals surface area contributed by atoms with Gasteiger partial charge in [0.2, 0.25) is 11.2 Å². The smallest absolute Gasteiger partial charge is 0.349 e. The number of piperidine rings is 1. The fourth-order valence-corrected chi connectivity index (χ4v) is 10.1. The number of ether oxygens (including phenoxy) is 3. The molecule has 3 aliphatic heterocycles. The van der Waals surface area contributed by atoms with Crippen molar-refractivity contribution in [1.82, 2.24) is 15.6 Å². The first kappa shape index (κ1) is 38.3. The standard InChI is InChI=1S/C41H44N4O9S2/c1-45(2)29-18-26(19-30(45)38-37(29)54-38)53-40(50)41(51,33-5-3-16-55-33)34-17-24(22-56-34)39(49)43-20-23-6-8-25(9-7-23)52-15-4-14-42-21-32(47)27-10-12-31(46)36-28(27)11-13-35(48)44-36/h3,5-13,16-17,22,26,29-30,32,37-38,42,47,51H,4,14-15,18-21H2,1-2H3,(H2-,43,44,46,48,49)/p+1/t26-,29-,30?,32+,37+,38+,41?/m1/s1. The summed E-state index contributed by atoms with van der Waals surface area (Å²) in [6.45, 7) is 1.60. The molecule has 6 N–H and O–H groups in total. The first-order valence-corrected chi connectivity index (χ1v) is 20.5. The van der Waals surface area contributed by atoms with E-state index >= 15 is 0 Å². The Kier molecular flexibility index (Phi) is 10.5. The number of thiophene rings is 2. The number of esters is 1. The Hall–Kier alpha value is -4.61. The summed E-state index contributed by atoms with van der Waals surface area (Å²) in [5, 5.41) is 43.0. The Morgan fingerprint density at radius 2 is 1.80 bits per heavy atom. The number of phenolic OH excluding ortho intramolecular Hbond substituents is 1. The lowest BCUT2D eigenvalue weighted by Gasteiger charge is -2.45. The van der Waals surface area contributed by atoms with Crippen molar-refractivity contribution in [2.24, 2.45) is 0 Å². The van der Waals surface area contributed by atoms with Gasteiger partial charge in [0, 0.05) is 42.8 Å². The Balaban J connectivity index is 0.797. The molecule has 2 aromatic carbocycles. The molecule has 6 heterocycles. The molecule has 0 spiro atoms. The molecular weight excluding hydrogens is 757 g/mol. The summed E-state index contributed by atoms with van der Waals surface area (Å²) in [6.07, 6.45) is 1.32. The maximum atomic E-state index is 13.8. The second-order valence-corrected chi connectivity index (χ2v) is 17.1. The number of fused-ring (bicyclic) bond motifs is 6. The zero-order chi connectivity index (χ0) is 39.2. The molecule has 3 fully saturated rings. The van der Waals surface area contributed by atoms with Crippen LogP contribution in [0.4, 0.5) is 0 Å². The number of carbonyl (C=O) groups is 2. The van der Waals surface area contributed by atoms with Gasteiger partial charge in [-0.05, 0) is 65.9 Å². The molecule has 3 aromatic heterocycles. The quantitative estimate of drug-likeness (QED) is 0.0393. The van der Waals surface area contributed by atoms with Crippen LogP contribution in [0.25, 0.3) is 10.9 Å². The summed E-state index contributed by atoms with van der Waals surface area (Å²) in [4.78, 5) is 42.1. The van der Waals surface area contributed by atoms with E-state index < -0.39 is 17.7 Å². The summed E-state index contributed by atoms with van der Waals surface area (Å²) < 4.78 is 18.7. The van der Waals surface area contributed by atoms with E-state index in [1.807, 2.05) is 24.3 Å². The van der Waals surface area contributed by atoms with Crippen LogP contribution >= 0.6 is 22.7 Å². The molecular formula is C41H45N4O9S2+. The van der Waals surface area contributed by atoms with Crippen LogP contribution in [-0.2, 0) is 26.4 Å². The third-order valence-corrected chi connectivity index (χ3v) is 13.5. The number of aliphatic hydroxyl groups excluding tert-OH is 1. The minimum Gasteiger partial charge on any atom is -0.506 e. The zero-order valence-electron chi connectivity index (χ0n) is 31.0. The fraction of sp³-hybridized carbons (Fsp3) is 0.390. The average Bonchev–Trinajstić information content (AvgIpc) is 3.46. The summed E-state index contributed by atoms with van der Waals surface area (Å²) >= 11 is 2.42. The van der Waals surface area contributed by atoms with Crippen LogP contribution in [0.15, 0.2) is 82.3 Å². The number of aromatic nitrogens is 1. The number of aliphatic hydroxyl groups is 2. The Bertz CT molecular complexity index is 2250. The van der Waals surface area contributed by atoms with Gasteiger partial charge in [0.25, 0.3) is 5.91 Å². The van der Waals surface area contributed by atoms with Gasteiger partial charge in [-0.15, -0.1) is 22.7 Å². The van der Waals surface area contributed by atoms with Gasteiger partial charge in [0.1, 0.15) is 41.9 Å². The highest BCUT2D eigenvalue weighted by Crippen LogP contribution is 2.52. The minimum absolute atomic E-state index is 0.0534. The molecule has 15 heteroatoms. The van der Waals surface area contributed by atoms with Crippen molar-refractivity contribution in [3.8, 4) is 11.5 Å². The number of nitrogens with zero attached hydrogens (tertiary/aromatic N) is 1. The van der Waals surface area contributed by atoms with E-state index in [0.29, 0.717) is 69.9 Å². The van der Waals surface area contributed by atoms with Crippen LogP contribution in [0.2, 0.25) is 0 Å². The first-order chi connectivity index (χ1) is 26.9. The number of aromatic amines is 1. The Morgan fingerprint density at radius 1 is 1.04 bits per heavy atom. The van der Waals surface area contributed by atoms with E-state index in [1.54, 1.807) is 41.1 Å². The maximum Gasteiger partial charge on any atom is 0.349 e. The number of quaternary nitrogens is 1. The van der Waals surface area contributed by atoms with Crippen molar-refractivity contribution in [3.05, 3.63) is 114 Å². The number of likely N-dealkylation sites (N-methyl/N-ethyl adjacent to an activating group) is 1. The van der Waals surface area contributed by atoms with Gasteiger partial charge in [-0.3, -0.25) is 9.59 Å². The molecule has 5 aromatic rings. The number of epoxide rings is 1. The number of hydrogen-bond acceptors (Lipinski definition) is 12. The number of aromatic hydroxyl groups is 1. The monoisotopic (exact) mass is 801 g/mol. The summed E-state index contributed by atoms with van der Waals surface area (Å²) in [5.74, 6) is -0.427. The van der Waals surface area contributed by atoms with Crippen molar-refractivity contribution in [2.75, 3.05) is 33.8 Å². The summed E-state index contributed by atoms with van der Waals surface area (Å²) in [7, 11) is 4.42. The van der Waals surface area contributed by atoms with Crippen LogP contribution in [-0.4, -0.2) is 101 Å². The fourth-order valence-electron chi connectivity index (χ4n) is 8.26. The number of pyridine rings is 1. The van der Waals surface area contributed by atoms with Crippen LogP contribution in [0, 0.1) is 0 Å². The molecule has 13 nitrogen and oxygen atoms in total. The second-order valence-electron chi connectivity index (χ2n) is 15.2. The molecule has 2 unspecified atom stereocenters. The maximum absolute atomic E-state index is 13.8. The van der Waals surface area contributed by atoms with Crippen LogP contribution in [0.1, 0.15) is 56.6 Å². The number of carbonyl (C=O) groups excluding carboxylic acids is 2. The van der Waals surface area contributed by atoms with Gasteiger partial charge < -0.3 is 49.6 Å². The van der Waals surface area contributed by atoms with Crippen LogP contribution in [0.5, 0.6) is 11.5 Å². The molecule has 56 heavy (non-hydrogen) atoms. The molecule has 294 valence electrons. The SMILES string of the molecule is C[N+]1(C)C2C[C@H](OC(=O)C(O)(c3cccs3)c3cc(C(=O)NCc4ccc(OCCCNC[C@H](O)c5ccc(O)c6[nH]c(=O)ccc56)cc4)cs3)C[C@@H]1[C@@H]1O[C@@H]21. The molecule has 7 atom stereocenters. The van der Waals surface area contributed by atoms with Crippen LogP contribution < -0.4 is 20.9 Å². The number of amides is 1. The predicted molar refractivity (Wildman–Crippen MR) is 211 cm³/mol. The molecule has 3 aliphatic rings. The zero-order valence-corrected chi connectivity index (χ0v) is 32.6. The molecule has 0 saturated carbocycles. The summed E-state index contributed by atoms with van der Waals surface area (Å²) in [6, 6.07) is 19.0. The topological polar surface area (TPSA) is 183 Å². The van der Waals surface area contributed by atoms with E-state index in [2.05, 4.69) is 29.7 Å². The number of H-pyrrole nitrogens is 1. The largest absolute Gasteiger partial charge is 0.506 e.